The molecule has 0 aromatic carbocycles. The van der Waals surface area contributed by atoms with Crippen molar-refractivity contribution in [2.75, 3.05) is 33.2 Å². The first-order valence-corrected chi connectivity index (χ1v) is 6.82. The van der Waals surface area contributed by atoms with Crippen LogP contribution in [0.4, 0.5) is 0 Å². The Labute approximate surface area is 104 Å². The summed E-state index contributed by atoms with van der Waals surface area (Å²) in [5.74, 6) is 0.992. The maximum Gasteiger partial charge on any atom is 0.226 e. The molecule has 2 fully saturated rings. The second-order valence-corrected chi connectivity index (χ2v) is 5.65. The van der Waals surface area contributed by atoms with E-state index in [0.29, 0.717) is 24.4 Å². The molecule has 1 aliphatic carbocycles. The summed E-state index contributed by atoms with van der Waals surface area (Å²) >= 11 is 0. The highest BCUT2D eigenvalue weighted by Gasteiger charge is 2.36. The molecule has 1 saturated heterocycles. The Morgan fingerprint density at radius 1 is 1.35 bits per heavy atom. The van der Waals surface area contributed by atoms with Crippen LogP contribution in [0.15, 0.2) is 0 Å². The second-order valence-electron chi connectivity index (χ2n) is 5.65. The first-order valence-electron chi connectivity index (χ1n) is 6.82. The van der Waals surface area contributed by atoms with Crippen molar-refractivity contribution in [1.82, 2.24) is 9.80 Å². The van der Waals surface area contributed by atoms with Crippen molar-refractivity contribution in [3.05, 3.63) is 0 Å². The van der Waals surface area contributed by atoms with Crippen LogP contribution in [0.1, 0.15) is 26.2 Å². The Balaban J connectivity index is 1.95. The van der Waals surface area contributed by atoms with E-state index in [4.69, 9.17) is 5.73 Å². The highest BCUT2D eigenvalue weighted by molar-refractivity contribution is 5.79. The van der Waals surface area contributed by atoms with Crippen LogP contribution in [-0.2, 0) is 4.79 Å². The number of rotatable bonds is 2. The van der Waals surface area contributed by atoms with E-state index >= 15 is 0 Å². The molecule has 3 atom stereocenters. The molecule has 0 radical (unpaired) electrons. The SMILES string of the molecule is CC1CN(C(=O)C2CCCC2CN)CCN1C. The molecule has 0 aromatic rings. The van der Waals surface area contributed by atoms with Gasteiger partial charge in [-0.25, -0.2) is 0 Å². The maximum atomic E-state index is 12.5. The van der Waals surface area contributed by atoms with Crippen LogP contribution in [0, 0.1) is 11.8 Å². The smallest absolute Gasteiger partial charge is 0.226 e. The van der Waals surface area contributed by atoms with Crippen molar-refractivity contribution in [1.29, 1.82) is 0 Å². The van der Waals surface area contributed by atoms with E-state index < -0.39 is 0 Å². The van der Waals surface area contributed by atoms with Gasteiger partial charge < -0.3 is 15.5 Å². The van der Waals surface area contributed by atoms with Gasteiger partial charge in [-0.05, 0) is 39.3 Å². The molecule has 3 unspecified atom stereocenters. The first-order chi connectivity index (χ1) is 8.13. The van der Waals surface area contributed by atoms with E-state index in [1.54, 1.807) is 0 Å². The molecule has 2 rings (SSSR count). The predicted octanol–water partition coefficient (Wildman–Crippen LogP) is 0.524. The van der Waals surface area contributed by atoms with E-state index in [1.165, 1.54) is 6.42 Å². The van der Waals surface area contributed by atoms with E-state index in [2.05, 4.69) is 23.8 Å². The highest BCUT2D eigenvalue weighted by Crippen LogP contribution is 2.32. The molecule has 98 valence electrons. The fourth-order valence-electron chi connectivity index (χ4n) is 3.13. The average molecular weight is 239 g/mol. The molecule has 0 bridgehead atoms. The van der Waals surface area contributed by atoms with Crippen molar-refractivity contribution in [3.8, 4) is 0 Å². The summed E-state index contributed by atoms with van der Waals surface area (Å²) in [5.41, 5.74) is 5.76. The number of hydrogen-bond donors (Lipinski definition) is 1. The molecule has 1 amide bonds. The third-order valence-corrected chi connectivity index (χ3v) is 4.55. The van der Waals surface area contributed by atoms with Crippen LogP contribution in [0.5, 0.6) is 0 Å². The van der Waals surface area contributed by atoms with Crippen LogP contribution in [-0.4, -0.2) is 55.0 Å². The topological polar surface area (TPSA) is 49.6 Å². The van der Waals surface area contributed by atoms with Crippen molar-refractivity contribution in [2.45, 2.75) is 32.2 Å². The number of carbonyl (C=O) groups is 1. The molecule has 1 heterocycles. The van der Waals surface area contributed by atoms with Gasteiger partial charge in [-0.3, -0.25) is 4.79 Å². The number of hydrogen-bond acceptors (Lipinski definition) is 3. The van der Waals surface area contributed by atoms with E-state index in [9.17, 15) is 4.79 Å². The minimum Gasteiger partial charge on any atom is -0.340 e. The number of nitrogens with zero attached hydrogens (tertiary/aromatic N) is 2. The summed E-state index contributed by atoms with van der Waals surface area (Å²) in [6, 6.07) is 0.477. The summed E-state index contributed by atoms with van der Waals surface area (Å²) in [4.78, 5) is 16.9. The molecule has 0 aromatic heterocycles. The second kappa shape index (κ2) is 5.36. The highest BCUT2D eigenvalue weighted by atomic mass is 16.2. The lowest BCUT2D eigenvalue weighted by Gasteiger charge is -2.39. The van der Waals surface area contributed by atoms with Crippen molar-refractivity contribution < 1.29 is 4.79 Å². The van der Waals surface area contributed by atoms with Crippen LogP contribution < -0.4 is 5.73 Å². The van der Waals surface area contributed by atoms with Crippen LogP contribution in [0.2, 0.25) is 0 Å². The van der Waals surface area contributed by atoms with Gasteiger partial charge in [0.15, 0.2) is 0 Å². The van der Waals surface area contributed by atoms with Gasteiger partial charge in [-0.1, -0.05) is 6.42 Å². The zero-order valence-corrected chi connectivity index (χ0v) is 11.1. The monoisotopic (exact) mass is 239 g/mol. The molecule has 4 nitrogen and oxygen atoms in total. The number of likely N-dealkylation sites (N-methyl/N-ethyl adjacent to an activating group) is 1. The lowest BCUT2D eigenvalue weighted by atomic mass is 9.94. The Bertz CT molecular complexity index is 282. The third kappa shape index (κ3) is 2.63. The zero-order valence-electron chi connectivity index (χ0n) is 11.1. The van der Waals surface area contributed by atoms with Gasteiger partial charge in [-0.15, -0.1) is 0 Å². The van der Waals surface area contributed by atoms with Gasteiger partial charge in [0.25, 0.3) is 0 Å². The number of carbonyl (C=O) groups excluding carboxylic acids is 1. The van der Waals surface area contributed by atoms with Crippen LogP contribution in [0.25, 0.3) is 0 Å². The average Bonchev–Trinajstić information content (AvgIpc) is 2.80. The Morgan fingerprint density at radius 2 is 2.12 bits per heavy atom. The van der Waals surface area contributed by atoms with E-state index in [-0.39, 0.29) is 5.92 Å². The molecular formula is C13H25N3O. The normalized spacial score (nSPS) is 35.2. The number of amides is 1. The Morgan fingerprint density at radius 3 is 2.76 bits per heavy atom. The molecule has 2 aliphatic rings. The lowest BCUT2D eigenvalue weighted by Crippen LogP contribution is -2.53. The Kier molecular flexibility index (Phi) is 4.05. The van der Waals surface area contributed by atoms with Gasteiger partial charge in [0.1, 0.15) is 0 Å². The van der Waals surface area contributed by atoms with Crippen LogP contribution in [0.3, 0.4) is 0 Å². The summed E-state index contributed by atoms with van der Waals surface area (Å²) in [7, 11) is 2.13. The minimum absolute atomic E-state index is 0.204. The minimum atomic E-state index is 0.204. The lowest BCUT2D eigenvalue weighted by molar-refractivity contribution is -0.139. The van der Waals surface area contributed by atoms with Gasteiger partial charge in [-0.2, -0.15) is 0 Å². The summed E-state index contributed by atoms with van der Waals surface area (Å²) < 4.78 is 0. The molecule has 4 heteroatoms. The molecular weight excluding hydrogens is 214 g/mol. The van der Waals surface area contributed by atoms with Crippen molar-refractivity contribution >= 4 is 5.91 Å². The molecule has 0 spiro atoms. The third-order valence-electron chi connectivity index (χ3n) is 4.55. The number of nitrogens with two attached hydrogens (primary N) is 1. The number of piperazine rings is 1. The van der Waals surface area contributed by atoms with Gasteiger partial charge in [0.05, 0.1) is 0 Å². The molecule has 17 heavy (non-hydrogen) atoms. The van der Waals surface area contributed by atoms with Crippen LogP contribution >= 0.6 is 0 Å². The molecule has 1 saturated carbocycles. The standard InChI is InChI=1S/C13H25N3O/c1-10-9-16(7-6-15(10)2)13(17)12-5-3-4-11(12)8-14/h10-12H,3-9,14H2,1-2H3. The van der Waals surface area contributed by atoms with Gasteiger partial charge in [0.2, 0.25) is 5.91 Å². The quantitative estimate of drug-likeness (QED) is 0.764. The van der Waals surface area contributed by atoms with Gasteiger partial charge >= 0.3 is 0 Å². The molecule has 2 N–H and O–H groups in total. The fourth-order valence-corrected chi connectivity index (χ4v) is 3.13. The zero-order chi connectivity index (χ0) is 12.4. The van der Waals surface area contributed by atoms with Gasteiger partial charge in [0, 0.05) is 31.6 Å². The summed E-state index contributed by atoms with van der Waals surface area (Å²) in [5, 5.41) is 0. The van der Waals surface area contributed by atoms with E-state index in [0.717, 1.165) is 32.5 Å². The fraction of sp³-hybridized carbons (Fsp3) is 0.923. The summed E-state index contributed by atoms with van der Waals surface area (Å²) in [6.07, 6.45) is 3.35. The molecule has 1 aliphatic heterocycles. The largest absolute Gasteiger partial charge is 0.340 e. The van der Waals surface area contributed by atoms with Crippen molar-refractivity contribution in [2.24, 2.45) is 17.6 Å². The Hall–Kier alpha value is -0.610. The maximum absolute atomic E-state index is 12.5. The van der Waals surface area contributed by atoms with Crippen molar-refractivity contribution in [3.63, 3.8) is 0 Å². The predicted molar refractivity (Wildman–Crippen MR) is 68.6 cm³/mol. The first kappa shape index (κ1) is 12.8. The summed E-state index contributed by atoms with van der Waals surface area (Å²) in [6.45, 7) is 5.61. The van der Waals surface area contributed by atoms with E-state index in [1.807, 2.05) is 0 Å².